The summed E-state index contributed by atoms with van der Waals surface area (Å²) in [5.74, 6) is -0.521. The fourth-order valence-corrected chi connectivity index (χ4v) is 0.690. The van der Waals surface area contributed by atoms with Gasteiger partial charge < -0.3 is 10.5 Å². The van der Waals surface area contributed by atoms with Crippen LogP contribution < -0.4 is 5.73 Å². The topological polar surface area (TPSA) is 81.0 Å². The molecule has 5 nitrogen and oxygen atoms in total. The Kier molecular flexibility index (Phi) is 3.56. The highest BCUT2D eigenvalue weighted by Crippen LogP contribution is 2.12. The second kappa shape index (κ2) is 3.96. The first kappa shape index (κ1) is 10.8. The van der Waals surface area contributed by atoms with Crippen LogP contribution in [0.5, 0.6) is 0 Å². The van der Waals surface area contributed by atoms with Gasteiger partial charge in [-0.25, -0.2) is 4.79 Å². The molecule has 0 saturated heterocycles. The molecule has 1 aromatic heterocycles. The summed E-state index contributed by atoms with van der Waals surface area (Å²) in [6, 6.07) is 0. The van der Waals surface area contributed by atoms with Crippen LogP contribution in [0.15, 0.2) is 0 Å². The van der Waals surface area contributed by atoms with Crippen LogP contribution in [0.25, 0.3) is 0 Å². The third-order valence-electron chi connectivity index (χ3n) is 1.37. The molecule has 0 aliphatic carbocycles. The molecule has 1 heterocycles. The van der Waals surface area contributed by atoms with Crippen molar-refractivity contribution in [3.05, 3.63) is 11.4 Å². The predicted octanol–water partition coefficient (Wildman–Crippen LogP) is 0.509. The number of rotatable bonds is 1. The van der Waals surface area contributed by atoms with E-state index in [2.05, 4.69) is 14.9 Å². The Bertz CT molecular complexity index is 284. The first-order valence-corrected chi connectivity index (χ1v) is 3.05. The zero-order chi connectivity index (χ0) is 8.43. The van der Waals surface area contributed by atoms with E-state index in [1.807, 2.05) is 0 Å². The molecule has 0 amide bonds. The number of H-pyrrole nitrogens is 1. The number of methoxy groups -OCH3 is 1. The number of esters is 1. The van der Waals surface area contributed by atoms with Crippen LogP contribution in [0.3, 0.4) is 0 Å². The number of nitrogens with two attached hydrogens (primary N) is 1. The van der Waals surface area contributed by atoms with Gasteiger partial charge in [0.15, 0.2) is 5.69 Å². The highest BCUT2D eigenvalue weighted by molar-refractivity contribution is 5.93. The molecular formula is C6H10ClN3O2. The molecule has 1 rings (SSSR count). The van der Waals surface area contributed by atoms with E-state index in [4.69, 9.17) is 5.73 Å². The fourth-order valence-electron chi connectivity index (χ4n) is 0.690. The lowest BCUT2D eigenvalue weighted by Gasteiger charge is -1.93. The molecule has 0 atom stereocenters. The minimum atomic E-state index is -0.521. The van der Waals surface area contributed by atoms with E-state index in [0.29, 0.717) is 11.4 Å². The van der Waals surface area contributed by atoms with Crippen molar-refractivity contribution >= 4 is 24.1 Å². The highest BCUT2D eigenvalue weighted by atomic mass is 35.5. The van der Waals surface area contributed by atoms with Gasteiger partial charge >= 0.3 is 5.97 Å². The summed E-state index contributed by atoms with van der Waals surface area (Å²) < 4.78 is 4.43. The Balaban J connectivity index is 0.00000121. The summed E-state index contributed by atoms with van der Waals surface area (Å²) in [5, 5.41) is 6.24. The summed E-state index contributed by atoms with van der Waals surface area (Å²) in [4.78, 5) is 10.9. The molecule has 0 spiro atoms. The minimum Gasteiger partial charge on any atom is -0.464 e. The standard InChI is InChI=1S/C6H9N3O2.ClH/c1-3-4(7)5(9-8-3)6(10)11-2;/h7H2,1-2H3,(H,8,9);1H. The van der Waals surface area contributed by atoms with Gasteiger partial charge in [0.25, 0.3) is 0 Å². The van der Waals surface area contributed by atoms with E-state index >= 15 is 0 Å². The zero-order valence-electron chi connectivity index (χ0n) is 6.75. The lowest BCUT2D eigenvalue weighted by molar-refractivity contribution is 0.0595. The number of ether oxygens (including phenoxy) is 1. The Morgan fingerprint density at radius 1 is 1.67 bits per heavy atom. The van der Waals surface area contributed by atoms with Gasteiger partial charge in [0, 0.05) is 0 Å². The van der Waals surface area contributed by atoms with Crippen LogP contribution in [0.1, 0.15) is 16.2 Å². The molecule has 12 heavy (non-hydrogen) atoms. The predicted molar refractivity (Wildman–Crippen MR) is 46.3 cm³/mol. The molecule has 0 bridgehead atoms. The number of nitrogen functional groups attached to an aromatic ring is 1. The number of hydrogen-bond acceptors (Lipinski definition) is 4. The number of halogens is 1. The maximum Gasteiger partial charge on any atom is 0.360 e. The van der Waals surface area contributed by atoms with Crippen molar-refractivity contribution in [2.75, 3.05) is 12.8 Å². The lowest BCUT2D eigenvalue weighted by Crippen LogP contribution is -2.04. The van der Waals surface area contributed by atoms with E-state index in [9.17, 15) is 4.79 Å². The molecule has 1 aromatic rings. The van der Waals surface area contributed by atoms with Crippen molar-refractivity contribution < 1.29 is 9.53 Å². The van der Waals surface area contributed by atoms with E-state index < -0.39 is 5.97 Å². The maximum atomic E-state index is 10.9. The summed E-state index contributed by atoms with van der Waals surface area (Å²) in [6.07, 6.45) is 0. The lowest BCUT2D eigenvalue weighted by atomic mass is 10.3. The Labute approximate surface area is 75.7 Å². The highest BCUT2D eigenvalue weighted by Gasteiger charge is 2.14. The number of aromatic amines is 1. The van der Waals surface area contributed by atoms with Crippen molar-refractivity contribution in [1.82, 2.24) is 10.2 Å². The Morgan fingerprint density at radius 3 is 2.58 bits per heavy atom. The van der Waals surface area contributed by atoms with Gasteiger partial charge in [0.05, 0.1) is 18.5 Å². The second-order valence-electron chi connectivity index (χ2n) is 2.10. The molecule has 68 valence electrons. The third kappa shape index (κ3) is 1.68. The van der Waals surface area contributed by atoms with Crippen molar-refractivity contribution in [3.8, 4) is 0 Å². The van der Waals surface area contributed by atoms with Gasteiger partial charge in [-0.2, -0.15) is 5.10 Å². The molecule has 0 fully saturated rings. The van der Waals surface area contributed by atoms with Gasteiger partial charge in [-0.05, 0) is 6.92 Å². The summed E-state index contributed by atoms with van der Waals surface area (Å²) >= 11 is 0. The van der Waals surface area contributed by atoms with E-state index in [1.54, 1.807) is 6.92 Å². The van der Waals surface area contributed by atoms with Crippen LogP contribution in [-0.2, 0) is 4.74 Å². The van der Waals surface area contributed by atoms with E-state index in [-0.39, 0.29) is 18.1 Å². The quantitative estimate of drug-likeness (QED) is 0.634. The van der Waals surface area contributed by atoms with E-state index in [0.717, 1.165) is 0 Å². The van der Waals surface area contributed by atoms with Crippen LogP contribution in [-0.4, -0.2) is 23.3 Å². The average molecular weight is 192 g/mol. The molecule has 0 aliphatic rings. The number of aryl methyl sites for hydroxylation is 1. The van der Waals surface area contributed by atoms with Crippen LogP contribution in [0.2, 0.25) is 0 Å². The van der Waals surface area contributed by atoms with Crippen LogP contribution in [0, 0.1) is 6.92 Å². The Morgan fingerprint density at radius 2 is 2.25 bits per heavy atom. The van der Waals surface area contributed by atoms with Crippen molar-refractivity contribution in [2.24, 2.45) is 0 Å². The summed E-state index contributed by atoms with van der Waals surface area (Å²) in [6.45, 7) is 1.73. The normalized spacial score (nSPS) is 8.83. The molecule has 6 heteroatoms. The van der Waals surface area contributed by atoms with E-state index in [1.165, 1.54) is 7.11 Å². The maximum absolute atomic E-state index is 10.9. The zero-order valence-corrected chi connectivity index (χ0v) is 7.57. The molecule has 0 aliphatic heterocycles. The number of carbonyl (C=O) groups excluding carboxylic acids is 1. The largest absolute Gasteiger partial charge is 0.464 e. The summed E-state index contributed by atoms with van der Waals surface area (Å²) in [7, 11) is 1.28. The minimum absolute atomic E-state index is 0. The number of carbonyl (C=O) groups is 1. The molecule has 0 unspecified atom stereocenters. The van der Waals surface area contributed by atoms with Crippen molar-refractivity contribution in [1.29, 1.82) is 0 Å². The van der Waals surface area contributed by atoms with Gasteiger partial charge in [-0.3, -0.25) is 5.10 Å². The molecule has 0 radical (unpaired) electrons. The molecule has 3 N–H and O–H groups in total. The number of nitrogens with zero attached hydrogens (tertiary/aromatic N) is 1. The first-order valence-electron chi connectivity index (χ1n) is 3.05. The van der Waals surface area contributed by atoms with Gasteiger partial charge in [0.2, 0.25) is 0 Å². The number of aromatic nitrogens is 2. The smallest absolute Gasteiger partial charge is 0.360 e. The molecule has 0 aromatic carbocycles. The van der Waals surface area contributed by atoms with Crippen molar-refractivity contribution in [3.63, 3.8) is 0 Å². The van der Waals surface area contributed by atoms with Gasteiger partial charge in [-0.15, -0.1) is 12.4 Å². The monoisotopic (exact) mass is 191 g/mol. The van der Waals surface area contributed by atoms with Gasteiger partial charge in [0.1, 0.15) is 0 Å². The fraction of sp³-hybridized carbons (Fsp3) is 0.333. The molecule has 0 saturated carbocycles. The number of hydrogen-bond donors (Lipinski definition) is 2. The molecular weight excluding hydrogens is 182 g/mol. The second-order valence-corrected chi connectivity index (χ2v) is 2.10. The number of nitrogens with one attached hydrogen (secondary N) is 1. The Hall–Kier alpha value is -1.23. The third-order valence-corrected chi connectivity index (χ3v) is 1.37. The van der Waals surface area contributed by atoms with Crippen LogP contribution >= 0.6 is 12.4 Å². The van der Waals surface area contributed by atoms with Gasteiger partial charge in [-0.1, -0.05) is 0 Å². The van der Waals surface area contributed by atoms with Crippen LogP contribution in [0.4, 0.5) is 5.69 Å². The number of anilines is 1. The summed E-state index contributed by atoms with van der Waals surface area (Å²) in [5.41, 5.74) is 6.64. The SMILES string of the molecule is COC(=O)c1n[nH]c(C)c1N.Cl. The van der Waals surface area contributed by atoms with Crippen molar-refractivity contribution in [2.45, 2.75) is 6.92 Å². The average Bonchev–Trinajstić information content (AvgIpc) is 2.32. The first-order chi connectivity index (χ1) is 5.16.